The standard InChI is InChI=1S/C13H22N4O/c1-13(2,3)12-8(7-16(4)15-12)11-9(14)6-10(18)17(11)5/h7,9,11H,6,14H2,1-5H3. The number of hydrogen-bond acceptors (Lipinski definition) is 3. The first-order valence-electron chi connectivity index (χ1n) is 6.27. The highest BCUT2D eigenvalue weighted by molar-refractivity contribution is 5.80. The summed E-state index contributed by atoms with van der Waals surface area (Å²) < 4.78 is 1.80. The lowest BCUT2D eigenvalue weighted by atomic mass is 9.86. The molecule has 2 unspecified atom stereocenters. The zero-order valence-electron chi connectivity index (χ0n) is 11.8. The van der Waals surface area contributed by atoms with Crippen molar-refractivity contribution in [2.24, 2.45) is 12.8 Å². The van der Waals surface area contributed by atoms with E-state index in [0.29, 0.717) is 6.42 Å². The Hall–Kier alpha value is -1.36. The van der Waals surface area contributed by atoms with Gasteiger partial charge in [-0.3, -0.25) is 9.48 Å². The van der Waals surface area contributed by atoms with Crippen LogP contribution < -0.4 is 5.73 Å². The number of nitrogens with zero attached hydrogens (tertiary/aromatic N) is 3. The molecule has 1 fully saturated rings. The van der Waals surface area contributed by atoms with E-state index in [1.807, 2.05) is 20.3 Å². The number of likely N-dealkylation sites (N-methyl/N-ethyl adjacent to an activating group) is 1. The number of hydrogen-bond donors (Lipinski definition) is 1. The van der Waals surface area contributed by atoms with E-state index in [4.69, 9.17) is 5.73 Å². The highest BCUT2D eigenvalue weighted by Crippen LogP contribution is 2.36. The first-order chi connectivity index (χ1) is 8.21. The fourth-order valence-electron chi connectivity index (χ4n) is 2.65. The minimum atomic E-state index is -0.146. The highest BCUT2D eigenvalue weighted by Gasteiger charge is 2.39. The van der Waals surface area contributed by atoms with Crippen molar-refractivity contribution < 1.29 is 4.79 Å². The van der Waals surface area contributed by atoms with Crippen molar-refractivity contribution in [3.8, 4) is 0 Å². The van der Waals surface area contributed by atoms with Gasteiger partial charge in [-0.1, -0.05) is 20.8 Å². The molecule has 5 nitrogen and oxygen atoms in total. The molecule has 2 atom stereocenters. The maximum Gasteiger partial charge on any atom is 0.224 e. The fourth-order valence-corrected chi connectivity index (χ4v) is 2.65. The average Bonchev–Trinajstić information content (AvgIpc) is 2.69. The van der Waals surface area contributed by atoms with Gasteiger partial charge in [0.25, 0.3) is 0 Å². The zero-order chi connectivity index (χ0) is 13.7. The molecule has 5 heteroatoms. The molecule has 1 aromatic rings. The fraction of sp³-hybridized carbons (Fsp3) is 0.692. The van der Waals surface area contributed by atoms with Crippen LogP contribution in [0, 0.1) is 0 Å². The number of carbonyl (C=O) groups excluding carboxylic acids is 1. The van der Waals surface area contributed by atoms with E-state index in [9.17, 15) is 4.79 Å². The van der Waals surface area contributed by atoms with Crippen molar-refractivity contribution in [2.75, 3.05) is 7.05 Å². The highest BCUT2D eigenvalue weighted by atomic mass is 16.2. The molecule has 0 saturated carbocycles. The lowest BCUT2D eigenvalue weighted by Crippen LogP contribution is -2.32. The third-order valence-corrected chi connectivity index (χ3v) is 3.51. The van der Waals surface area contributed by atoms with Crippen molar-refractivity contribution in [1.29, 1.82) is 0 Å². The number of carbonyl (C=O) groups is 1. The Morgan fingerprint density at radius 3 is 2.44 bits per heavy atom. The van der Waals surface area contributed by atoms with Crippen molar-refractivity contribution in [3.05, 3.63) is 17.5 Å². The summed E-state index contributed by atoms with van der Waals surface area (Å²) in [7, 11) is 3.72. The third-order valence-electron chi connectivity index (χ3n) is 3.51. The molecule has 1 aromatic heterocycles. The van der Waals surface area contributed by atoms with Crippen LogP contribution in [0.2, 0.25) is 0 Å². The second-order valence-corrected chi connectivity index (χ2v) is 6.17. The Morgan fingerprint density at radius 1 is 1.39 bits per heavy atom. The van der Waals surface area contributed by atoms with E-state index in [2.05, 4.69) is 25.9 Å². The van der Waals surface area contributed by atoms with Gasteiger partial charge in [-0.2, -0.15) is 5.10 Å². The molecule has 0 radical (unpaired) electrons. The van der Waals surface area contributed by atoms with E-state index >= 15 is 0 Å². The number of nitrogens with two attached hydrogens (primary N) is 1. The molecule has 1 aliphatic rings. The normalized spacial score (nSPS) is 25.0. The predicted molar refractivity (Wildman–Crippen MR) is 70.0 cm³/mol. The van der Waals surface area contributed by atoms with E-state index in [-0.39, 0.29) is 23.4 Å². The van der Waals surface area contributed by atoms with Gasteiger partial charge < -0.3 is 10.6 Å². The summed E-state index contributed by atoms with van der Waals surface area (Å²) >= 11 is 0. The Kier molecular flexibility index (Phi) is 2.97. The van der Waals surface area contributed by atoms with E-state index in [0.717, 1.165) is 11.3 Å². The van der Waals surface area contributed by atoms with Crippen LogP contribution in [0.4, 0.5) is 0 Å². The quantitative estimate of drug-likeness (QED) is 0.807. The topological polar surface area (TPSA) is 64.2 Å². The molecule has 1 saturated heterocycles. The molecule has 2 N–H and O–H groups in total. The van der Waals surface area contributed by atoms with Crippen molar-refractivity contribution in [1.82, 2.24) is 14.7 Å². The van der Waals surface area contributed by atoms with Crippen molar-refractivity contribution in [2.45, 2.75) is 44.7 Å². The van der Waals surface area contributed by atoms with Gasteiger partial charge in [0.1, 0.15) is 0 Å². The Morgan fingerprint density at radius 2 is 2.00 bits per heavy atom. The second-order valence-electron chi connectivity index (χ2n) is 6.17. The van der Waals surface area contributed by atoms with Gasteiger partial charge in [0.2, 0.25) is 5.91 Å². The van der Waals surface area contributed by atoms with Crippen molar-refractivity contribution in [3.63, 3.8) is 0 Å². The zero-order valence-corrected chi connectivity index (χ0v) is 11.8. The molecule has 0 spiro atoms. The molecule has 1 aliphatic heterocycles. The molecule has 0 bridgehead atoms. The minimum absolute atomic E-state index is 0.0528. The van der Waals surface area contributed by atoms with Crippen LogP contribution >= 0.6 is 0 Å². The maximum absolute atomic E-state index is 11.8. The van der Waals surface area contributed by atoms with Crippen LogP contribution in [0.1, 0.15) is 44.5 Å². The molecular weight excluding hydrogens is 228 g/mol. The summed E-state index contributed by atoms with van der Waals surface area (Å²) in [6.07, 6.45) is 2.40. The van der Waals surface area contributed by atoms with Crippen molar-refractivity contribution >= 4 is 5.91 Å². The number of rotatable bonds is 1. The Balaban J connectivity index is 2.48. The summed E-state index contributed by atoms with van der Waals surface area (Å²) in [6.45, 7) is 6.38. The molecule has 2 rings (SSSR count). The van der Waals surface area contributed by atoms with Crippen LogP contribution in [0.3, 0.4) is 0 Å². The third kappa shape index (κ3) is 2.03. The summed E-state index contributed by atoms with van der Waals surface area (Å²) in [5.41, 5.74) is 8.16. The molecule has 0 aliphatic carbocycles. The minimum Gasteiger partial charge on any atom is -0.337 e. The Bertz CT molecular complexity index is 472. The van der Waals surface area contributed by atoms with E-state index in [1.54, 1.807) is 9.58 Å². The van der Waals surface area contributed by atoms with Gasteiger partial charge in [0.15, 0.2) is 0 Å². The smallest absolute Gasteiger partial charge is 0.224 e. The van der Waals surface area contributed by atoms with E-state index in [1.165, 1.54) is 0 Å². The van der Waals surface area contributed by atoms with Crippen LogP contribution in [0.25, 0.3) is 0 Å². The van der Waals surface area contributed by atoms with Gasteiger partial charge in [-0.05, 0) is 0 Å². The lowest BCUT2D eigenvalue weighted by molar-refractivity contribution is -0.127. The molecule has 0 aromatic carbocycles. The molecule has 100 valence electrons. The monoisotopic (exact) mass is 250 g/mol. The van der Waals surface area contributed by atoms with Gasteiger partial charge in [-0.15, -0.1) is 0 Å². The van der Waals surface area contributed by atoms with Gasteiger partial charge in [-0.25, -0.2) is 0 Å². The average molecular weight is 250 g/mol. The summed E-state index contributed by atoms with van der Waals surface area (Å²) in [6, 6.07) is -0.201. The van der Waals surface area contributed by atoms with Crippen LogP contribution in [0.15, 0.2) is 6.20 Å². The number of amides is 1. The number of aryl methyl sites for hydroxylation is 1. The van der Waals surface area contributed by atoms with Gasteiger partial charge in [0, 0.05) is 43.7 Å². The SMILES string of the molecule is CN1C(=O)CC(N)C1c1cn(C)nc1C(C)(C)C. The van der Waals surface area contributed by atoms with Crippen LogP contribution in [-0.4, -0.2) is 33.7 Å². The molecular formula is C13H22N4O. The first kappa shape index (κ1) is 13.1. The van der Waals surface area contributed by atoms with Crippen LogP contribution in [0.5, 0.6) is 0 Å². The molecule has 18 heavy (non-hydrogen) atoms. The van der Waals surface area contributed by atoms with Crippen LogP contribution in [-0.2, 0) is 17.3 Å². The lowest BCUT2D eigenvalue weighted by Gasteiger charge is -2.26. The van der Waals surface area contributed by atoms with Gasteiger partial charge in [0.05, 0.1) is 11.7 Å². The second kappa shape index (κ2) is 4.09. The summed E-state index contributed by atoms with van der Waals surface area (Å²) in [5, 5.41) is 4.54. The summed E-state index contributed by atoms with van der Waals surface area (Å²) in [5.74, 6) is 0.108. The first-order valence-corrected chi connectivity index (χ1v) is 6.27. The summed E-state index contributed by atoms with van der Waals surface area (Å²) in [4.78, 5) is 13.5. The Labute approximate surface area is 108 Å². The molecule has 2 heterocycles. The van der Waals surface area contributed by atoms with Gasteiger partial charge >= 0.3 is 0 Å². The number of likely N-dealkylation sites (tertiary alicyclic amines) is 1. The predicted octanol–water partition coefficient (Wildman–Crippen LogP) is 0.948. The molecule has 1 amide bonds. The van der Waals surface area contributed by atoms with E-state index < -0.39 is 0 Å². The number of aromatic nitrogens is 2. The largest absolute Gasteiger partial charge is 0.337 e. The maximum atomic E-state index is 11.8.